The number of aromatic nitrogens is 1. The third-order valence-electron chi connectivity index (χ3n) is 5.50. The Morgan fingerprint density at radius 1 is 1.23 bits per heavy atom. The fourth-order valence-corrected chi connectivity index (χ4v) is 3.86. The van der Waals surface area contributed by atoms with Gasteiger partial charge in [0.2, 0.25) is 0 Å². The number of carbonyl (C=O) groups excluding carboxylic acids is 1. The molecular formula is C23H26N4O3. The zero-order valence-corrected chi connectivity index (χ0v) is 16.9. The number of carbonyl (C=O) groups is 1. The van der Waals surface area contributed by atoms with Crippen molar-refractivity contribution in [3.05, 3.63) is 65.4 Å². The molecule has 2 atom stereocenters. The van der Waals surface area contributed by atoms with E-state index in [-0.39, 0.29) is 17.9 Å². The number of amidine groups is 1. The van der Waals surface area contributed by atoms with Crippen molar-refractivity contribution in [1.29, 1.82) is 5.41 Å². The topological polar surface area (TPSA) is 113 Å². The maximum absolute atomic E-state index is 12.5. The van der Waals surface area contributed by atoms with Crippen LogP contribution in [0.4, 0.5) is 0 Å². The number of nitrogens with one attached hydrogen (secondary N) is 3. The first-order valence-corrected chi connectivity index (χ1v) is 10.0. The first-order chi connectivity index (χ1) is 14.5. The Bertz CT molecular complexity index is 1050. The molecule has 1 fully saturated rings. The number of rotatable bonds is 7. The Kier molecular flexibility index (Phi) is 5.72. The minimum absolute atomic E-state index is 0.0242. The number of fused-ring (bicyclic) bond motifs is 1. The van der Waals surface area contributed by atoms with Crippen LogP contribution in [-0.4, -0.2) is 43.1 Å². The molecule has 0 radical (unpaired) electrons. The zero-order chi connectivity index (χ0) is 21.1. The molecule has 3 aromatic rings. The van der Waals surface area contributed by atoms with Crippen molar-refractivity contribution in [2.45, 2.75) is 24.9 Å². The molecule has 0 bridgehead atoms. The monoisotopic (exact) mass is 406 g/mol. The fraction of sp³-hybridized carbons (Fsp3) is 0.304. The van der Waals surface area contributed by atoms with Crippen molar-refractivity contribution in [1.82, 2.24) is 10.3 Å². The lowest BCUT2D eigenvalue weighted by Crippen LogP contribution is -2.20. The van der Waals surface area contributed by atoms with E-state index in [1.54, 1.807) is 0 Å². The average molecular weight is 406 g/mol. The lowest BCUT2D eigenvalue weighted by molar-refractivity contribution is -0.142. The average Bonchev–Trinajstić information content (AvgIpc) is 3.40. The summed E-state index contributed by atoms with van der Waals surface area (Å²) in [6, 6.07) is 15.3. The number of benzene rings is 2. The van der Waals surface area contributed by atoms with Gasteiger partial charge in [0, 0.05) is 29.7 Å². The Labute approximate surface area is 175 Å². The number of esters is 1. The number of nitrogen functional groups attached to an aromatic ring is 1. The molecule has 0 amide bonds. The SMILES string of the molecule is COC(=O)C(Cc1cc2ccc(C(=N)N)cc2[nH]1)c1ccc(O[C@H]2CCNC2)cc1. The quantitative estimate of drug-likeness (QED) is 0.274. The smallest absolute Gasteiger partial charge is 0.313 e. The number of hydrogen-bond acceptors (Lipinski definition) is 5. The van der Waals surface area contributed by atoms with Crippen LogP contribution in [0.5, 0.6) is 5.75 Å². The molecule has 2 heterocycles. The van der Waals surface area contributed by atoms with Crippen LogP contribution in [0.3, 0.4) is 0 Å². The molecule has 2 aromatic carbocycles. The second kappa shape index (κ2) is 8.59. The van der Waals surface area contributed by atoms with Crippen LogP contribution in [0.2, 0.25) is 0 Å². The van der Waals surface area contributed by atoms with E-state index in [0.717, 1.165) is 47.4 Å². The van der Waals surface area contributed by atoms with Gasteiger partial charge < -0.3 is 25.5 Å². The van der Waals surface area contributed by atoms with E-state index in [2.05, 4.69) is 10.3 Å². The molecule has 1 aliphatic heterocycles. The van der Waals surface area contributed by atoms with Gasteiger partial charge in [0.25, 0.3) is 0 Å². The molecule has 0 saturated carbocycles. The Morgan fingerprint density at radius 2 is 2.03 bits per heavy atom. The molecule has 0 spiro atoms. The van der Waals surface area contributed by atoms with Crippen molar-refractivity contribution in [2.24, 2.45) is 5.73 Å². The van der Waals surface area contributed by atoms with Gasteiger partial charge in [-0.05, 0) is 48.2 Å². The molecule has 1 aliphatic rings. The first-order valence-electron chi connectivity index (χ1n) is 10.0. The molecule has 1 saturated heterocycles. The number of H-pyrrole nitrogens is 1. The Hall–Kier alpha value is -3.32. The molecule has 4 rings (SSSR count). The molecule has 5 N–H and O–H groups in total. The van der Waals surface area contributed by atoms with Crippen LogP contribution in [0, 0.1) is 5.41 Å². The highest BCUT2D eigenvalue weighted by Crippen LogP contribution is 2.27. The van der Waals surface area contributed by atoms with E-state index >= 15 is 0 Å². The zero-order valence-electron chi connectivity index (χ0n) is 16.9. The number of ether oxygens (including phenoxy) is 2. The van der Waals surface area contributed by atoms with Crippen LogP contribution < -0.4 is 15.8 Å². The molecular weight excluding hydrogens is 380 g/mol. The largest absolute Gasteiger partial charge is 0.489 e. The highest BCUT2D eigenvalue weighted by atomic mass is 16.5. The number of methoxy groups -OCH3 is 1. The summed E-state index contributed by atoms with van der Waals surface area (Å²) in [5.41, 5.74) is 8.92. The summed E-state index contributed by atoms with van der Waals surface area (Å²) < 4.78 is 11.0. The standard InChI is InChI=1S/C23H26N4O3/c1-29-23(28)20(14-4-6-18(7-5-14)30-19-8-9-26-13-19)12-17-10-15-2-3-16(22(24)25)11-21(15)27-17/h2-7,10-11,19-20,26-27H,8-9,12-13H2,1H3,(H3,24,25)/t19-,20?/m0/s1. The molecule has 7 nitrogen and oxygen atoms in total. The normalized spacial score (nSPS) is 17.0. The summed E-state index contributed by atoms with van der Waals surface area (Å²) in [4.78, 5) is 15.9. The van der Waals surface area contributed by atoms with E-state index in [1.807, 2.05) is 48.5 Å². The maximum Gasteiger partial charge on any atom is 0.313 e. The Balaban J connectivity index is 1.54. The lowest BCUT2D eigenvalue weighted by atomic mass is 9.94. The van der Waals surface area contributed by atoms with Crippen molar-refractivity contribution in [3.63, 3.8) is 0 Å². The van der Waals surface area contributed by atoms with E-state index in [4.69, 9.17) is 20.6 Å². The van der Waals surface area contributed by atoms with Gasteiger partial charge in [-0.25, -0.2) is 0 Å². The summed E-state index contributed by atoms with van der Waals surface area (Å²) >= 11 is 0. The third-order valence-corrected chi connectivity index (χ3v) is 5.50. The van der Waals surface area contributed by atoms with E-state index in [0.29, 0.717) is 12.0 Å². The minimum Gasteiger partial charge on any atom is -0.489 e. The van der Waals surface area contributed by atoms with Gasteiger partial charge >= 0.3 is 5.97 Å². The minimum atomic E-state index is -0.433. The maximum atomic E-state index is 12.5. The number of hydrogen-bond donors (Lipinski definition) is 4. The molecule has 1 aromatic heterocycles. The van der Waals surface area contributed by atoms with Gasteiger partial charge in [0.05, 0.1) is 13.0 Å². The highest BCUT2D eigenvalue weighted by molar-refractivity contribution is 5.98. The number of nitrogens with two attached hydrogens (primary N) is 1. The molecule has 156 valence electrons. The van der Waals surface area contributed by atoms with Gasteiger partial charge in [0.1, 0.15) is 17.7 Å². The predicted octanol–water partition coefficient (Wildman–Crippen LogP) is 2.69. The predicted molar refractivity (Wildman–Crippen MR) is 116 cm³/mol. The summed E-state index contributed by atoms with van der Waals surface area (Å²) in [5.74, 6) is 0.110. The lowest BCUT2D eigenvalue weighted by Gasteiger charge is -2.16. The van der Waals surface area contributed by atoms with Gasteiger partial charge in [-0.2, -0.15) is 0 Å². The van der Waals surface area contributed by atoms with Gasteiger partial charge in [-0.15, -0.1) is 0 Å². The van der Waals surface area contributed by atoms with Crippen LogP contribution in [0.1, 0.15) is 29.2 Å². The fourth-order valence-electron chi connectivity index (χ4n) is 3.86. The van der Waals surface area contributed by atoms with Crippen LogP contribution in [0.15, 0.2) is 48.5 Å². The molecule has 1 unspecified atom stereocenters. The van der Waals surface area contributed by atoms with Gasteiger partial charge in [0.15, 0.2) is 0 Å². The van der Waals surface area contributed by atoms with Crippen molar-refractivity contribution in [3.8, 4) is 5.75 Å². The number of aromatic amines is 1. The summed E-state index contributed by atoms with van der Waals surface area (Å²) in [7, 11) is 1.41. The highest BCUT2D eigenvalue weighted by Gasteiger charge is 2.23. The van der Waals surface area contributed by atoms with Crippen LogP contribution in [0.25, 0.3) is 10.9 Å². The van der Waals surface area contributed by atoms with Crippen LogP contribution in [-0.2, 0) is 16.0 Å². The van der Waals surface area contributed by atoms with E-state index in [1.165, 1.54) is 7.11 Å². The molecule has 7 heteroatoms. The van der Waals surface area contributed by atoms with Gasteiger partial charge in [-0.1, -0.05) is 24.3 Å². The van der Waals surface area contributed by atoms with Crippen molar-refractivity contribution >= 4 is 22.7 Å². The van der Waals surface area contributed by atoms with E-state index in [9.17, 15) is 4.79 Å². The Morgan fingerprint density at radius 3 is 2.70 bits per heavy atom. The third kappa shape index (κ3) is 4.31. The summed E-state index contributed by atoms with van der Waals surface area (Å²) in [6.45, 7) is 1.84. The van der Waals surface area contributed by atoms with Crippen molar-refractivity contribution in [2.75, 3.05) is 20.2 Å². The van der Waals surface area contributed by atoms with Crippen LogP contribution >= 0.6 is 0 Å². The van der Waals surface area contributed by atoms with Crippen molar-refractivity contribution < 1.29 is 14.3 Å². The van der Waals surface area contributed by atoms with Gasteiger partial charge in [-0.3, -0.25) is 10.2 Å². The molecule has 0 aliphatic carbocycles. The molecule has 30 heavy (non-hydrogen) atoms. The van der Waals surface area contributed by atoms with E-state index < -0.39 is 5.92 Å². The summed E-state index contributed by atoms with van der Waals surface area (Å²) in [6.07, 6.45) is 1.67. The second-order valence-electron chi connectivity index (χ2n) is 7.59. The summed E-state index contributed by atoms with van der Waals surface area (Å²) in [5, 5.41) is 11.9. The first kappa shape index (κ1) is 20.0. The second-order valence-corrected chi connectivity index (χ2v) is 7.59.